The predicted octanol–water partition coefficient (Wildman–Crippen LogP) is 1.90. The van der Waals surface area contributed by atoms with E-state index in [1.807, 2.05) is 6.07 Å². The highest BCUT2D eigenvalue weighted by atomic mass is 16.5. The molecule has 21 heavy (non-hydrogen) atoms. The van der Waals surface area contributed by atoms with Crippen molar-refractivity contribution in [2.24, 2.45) is 0 Å². The van der Waals surface area contributed by atoms with E-state index >= 15 is 0 Å². The number of benzene rings is 1. The molecule has 0 saturated carbocycles. The average molecular weight is 294 g/mol. The van der Waals surface area contributed by atoms with E-state index in [1.54, 1.807) is 21.3 Å². The molecule has 1 aromatic rings. The summed E-state index contributed by atoms with van der Waals surface area (Å²) in [5.41, 5.74) is 1.26. The lowest BCUT2D eigenvalue weighted by Gasteiger charge is -2.39. The molecule has 0 atom stereocenters. The number of piperazine rings is 1. The maximum atomic E-state index is 5.56. The molecule has 0 spiro atoms. The zero-order valence-electron chi connectivity index (χ0n) is 13.7. The van der Waals surface area contributed by atoms with Crippen LogP contribution >= 0.6 is 0 Å². The first-order chi connectivity index (χ1) is 10.0. The van der Waals surface area contributed by atoms with E-state index in [4.69, 9.17) is 14.2 Å². The third-order valence-electron chi connectivity index (χ3n) is 3.83. The van der Waals surface area contributed by atoms with Crippen molar-refractivity contribution in [3.05, 3.63) is 17.7 Å². The van der Waals surface area contributed by atoms with Gasteiger partial charge in [0.25, 0.3) is 0 Å². The molecular formula is C16H26N2O3. The van der Waals surface area contributed by atoms with Gasteiger partial charge in [-0.3, -0.25) is 4.90 Å². The van der Waals surface area contributed by atoms with Gasteiger partial charge in [0, 0.05) is 37.3 Å². The molecule has 2 rings (SSSR count). The number of ether oxygens (including phenoxy) is 3. The maximum absolute atomic E-state index is 5.56. The van der Waals surface area contributed by atoms with Gasteiger partial charge in [0.05, 0.1) is 21.3 Å². The second kappa shape index (κ2) is 6.54. The van der Waals surface area contributed by atoms with Crippen molar-refractivity contribution in [1.82, 2.24) is 10.2 Å². The van der Waals surface area contributed by atoms with Crippen LogP contribution in [-0.2, 0) is 6.54 Å². The highest BCUT2D eigenvalue weighted by Crippen LogP contribution is 2.40. The van der Waals surface area contributed by atoms with Gasteiger partial charge >= 0.3 is 0 Å². The molecule has 118 valence electrons. The van der Waals surface area contributed by atoms with Gasteiger partial charge < -0.3 is 19.5 Å². The normalized spacial score (nSPS) is 18.3. The Hall–Kier alpha value is -1.46. The molecule has 0 aliphatic carbocycles. The minimum Gasteiger partial charge on any atom is -0.493 e. The topological polar surface area (TPSA) is 43.0 Å². The molecule has 0 unspecified atom stereocenters. The molecule has 1 heterocycles. The molecule has 1 fully saturated rings. The van der Waals surface area contributed by atoms with E-state index in [2.05, 4.69) is 30.1 Å². The van der Waals surface area contributed by atoms with Crippen LogP contribution in [0.1, 0.15) is 19.4 Å². The van der Waals surface area contributed by atoms with E-state index < -0.39 is 0 Å². The molecular weight excluding hydrogens is 268 g/mol. The van der Waals surface area contributed by atoms with Crippen LogP contribution in [0, 0.1) is 0 Å². The fourth-order valence-electron chi connectivity index (χ4n) is 2.91. The lowest BCUT2D eigenvalue weighted by molar-refractivity contribution is 0.147. The molecule has 5 heteroatoms. The summed E-state index contributed by atoms with van der Waals surface area (Å²) in [4.78, 5) is 2.43. The zero-order chi connectivity index (χ0) is 15.5. The molecule has 5 nitrogen and oxygen atoms in total. The van der Waals surface area contributed by atoms with E-state index in [9.17, 15) is 0 Å². The van der Waals surface area contributed by atoms with Crippen LogP contribution in [0.25, 0.3) is 0 Å². The van der Waals surface area contributed by atoms with Crippen LogP contribution in [0.5, 0.6) is 17.2 Å². The molecule has 1 N–H and O–H groups in total. The summed E-state index contributed by atoms with van der Waals surface area (Å²) in [5.74, 6) is 2.11. The van der Waals surface area contributed by atoms with Crippen LogP contribution in [-0.4, -0.2) is 51.4 Å². The summed E-state index contributed by atoms with van der Waals surface area (Å²) in [6.45, 7) is 8.33. The summed E-state index contributed by atoms with van der Waals surface area (Å²) in [6, 6.07) is 3.99. The predicted molar refractivity (Wildman–Crippen MR) is 83.5 cm³/mol. The number of methoxy groups -OCH3 is 3. The Kier molecular flexibility index (Phi) is 4.96. The summed E-state index contributed by atoms with van der Waals surface area (Å²) < 4.78 is 16.3. The van der Waals surface area contributed by atoms with Crippen molar-refractivity contribution in [1.29, 1.82) is 0 Å². The first kappa shape index (κ1) is 15.9. The smallest absolute Gasteiger partial charge is 0.203 e. The first-order valence-electron chi connectivity index (χ1n) is 7.26. The molecule has 0 radical (unpaired) electrons. The van der Waals surface area contributed by atoms with Gasteiger partial charge in [-0.05, 0) is 19.9 Å². The molecule has 1 saturated heterocycles. The lowest BCUT2D eigenvalue weighted by atomic mass is 10.0. The molecule has 1 aliphatic rings. The Morgan fingerprint density at radius 2 is 1.81 bits per heavy atom. The lowest BCUT2D eigenvalue weighted by Crippen LogP contribution is -2.56. The standard InChI is InChI=1S/C16H26N2O3/c1-16(2)11-18(9-8-17-16)10-12-6-7-13(19-3)15(21-5)14(12)20-4/h6-7,17H,8-11H2,1-5H3. The van der Waals surface area contributed by atoms with E-state index in [1.165, 1.54) is 0 Å². The van der Waals surface area contributed by atoms with Gasteiger partial charge in [-0.25, -0.2) is 0 Å². The summed E-state index contributed by atoms with van der Waals surface area (Å²) in [5, 5.41) is 3.53. The summed E-state index contributed by atoms with van der Waals surface area (Å²) in [7, 11) is 4.94. The minimum absolute atomic E-state index is 0.141. The molecule has 1 aromatic carbocycles. The van der Waals surface area contributed by atoms with Gasteiger partial charge in [0.1, 0.15) is 0 Å². The SMILES string of the molecule is COc1ccc(CN2CCNC(C)(C)C2)c(OC)c1OC. The Bertz CT molecular complexity index is 489. The van der Waals surface area contributed by atoms with Crippen molar-refractivity contribution in [2.75, 3.05) is 41.0 Å². The largest absolute Gasteiger partial charge is 0.493 e. The van der Waals surface area contributed by atoms with E-state index in [0.717, 1.165) is 37.5 Å². The Morgan fingerprint density at radius 3 is 2.38 bits per heavy atom. The number of nitrogens with zero attached hydrogens (tertiary/aromatic N) is 1. The van der Waals surface area contributed by atoms with E-state index in [0.29, 0.717) is 11.5 Å². The van der Waals surface area contributed by atoms with Crippen LogP contribution in [0.15, 0.2) is 12.1 Å². The summed E-state index contributed by atoms with van der Waals surface area (Å²) in [6.07, 6.45) is 0. The number of hydrogen-bond acceptors (Lipinski definition) is 5. The average Bonchev–Trinajstić information content (AvgIpc) is 2.45. The van der Waals surface area contributed by atoms with Crippen LogP contribution < -0.4 is 19.5 Å². The second-order valence-corrected chi connectivity index (χ2v) is 6.01. The molecule has 0 amide bonds. The number of nitrogens with one attached hydrogen (secondary N) is 1. The molecule has 0 bridgehead atoms. The molecule has 0 aromatic heterocycles. The quantitative estimate of drug-likeness (QED) is 0.898. The first-order valence-corrected chi connectivity index (χ1v) is 7.26. The highest BCUT2D eigenvalue weighted by molar-refractivity contribution is 5.55. The Balaban J connectivity index is 2.23. The van der Waals surface area contributed by atoms with Crippen molar-refractivity contribution < 1.29 is 14.2 Å². The third kappa shape index (κ3) is 3.60. The van der Waals surface area contributed by atoms with Gasteiger partial charge in [0.15, 0.2) is 11.5 Å². The zero-order valence-corrected chi connectivity index (χ0v) is 13.7. The van der Waals surface area contributed by atoms with Crippen LogP contribution in [0.3, 0.4) is 0 Å². The van der Waals surface area contributed by atoms with Gasteiger partial charge in [-0.1, -0.05) is 6.07 Å². The van der Waals surface area contributed by atoms with Gasteiger partial charge in [-0.2, -0.15) is 0 Å². The van der Waals surface area contributed by atoms with Gasteiger partial charge in [-0.15, -0.1) is 0 Å². The van der Waals surface area contributed by atoms with E-state index in [-0.39, 0.29) is 5.54 Å². The fourth-order valence-corrected chi connectivity index (χ4v) is 2.91. The van der Waals surface area contributed by atoms with Crippen molar-refractivity contribution in [3.63, 3.8) is 0 Å². The van der Waals surface area contributed by atoms with Crippen LogP contribution in [0.4, 0.5) is 0 Å². The summed E-state index contributed by atoms with van der Waals surface area (Å²) >= 11 is 0. The second-order valence-electron chi connectivity index (χ2n) is 6.01. The Labute approximate surface area is 127 Å². The minimum atomic E-state index is 0.141. The highest BCUT2D eigenvalue weighted by Gasteiger charge is 2.27. The van der Waals surface area contributed by atoms with Crippen molar-refractivity contribution in [2.45, 2.75) is 25.9 Å². The Morgan fingerprint density at radius 1 is 1.10 bits per heavy atom. The van der Waals surface area contributed by atoms with Crippen molar-refractivity contribution >= 4 is 0 Å². The van der Waals surface area contributed by atoms with Crippen LogP contribution in [0.2, 0.25) is 0 Å². The fraction of sp³-hybridized carbons (Fsp3) is 0.625. The monoisotopic (exact) mass is 294 g/mol. The van der Waals surface area contributed by atoms with Crippen molar-refractivity contribution in [3.8, 4) is 17.2 Å². The number of hydrogen-bond donors (Lipinski definition) is 1. The maximum Gasteiger partial charge on any atom is 0.203 e. The molecule has 1 aliphatic heterocycles. The van der Waals surface area contributed by atoms with Gasteiger partial charge in [0.2, 0.25) is 5.75 Å². The third-order valence-corrected chi connectivity index (χ3v) is 3.83. The number of rotatable bonds is 5.